The van der Waals surface area contributed by atoms with E-state index in [0.717, 1.165) is 27.9 Å². The second-order valence-corrected chi connectivity index (χ2v) is 10.9. The van der Waals surface area contributed by atoms with Crippen molar-refractivity contribution in [2.24, 2.45) is 5.92 Å². The maximum absolute atomic E-state index is 14.5. The van der Waals surface area contributed by atoms with Crippen LogP contribution in [0.2, 0.25) is 10.0 Å². The highest BCUT2D eigenvalue weighted by Crippen LogP contribution is 2.39. The first-order valence-corrected chi connectivity index (χ1v) is 14.1. The van der Waals surface area contributed by atoms with Crippen molar-refractivity contribution in [3.63, 3.8) is 0 Å². The molecule has 2 aromatic heterocycles. The number of hydrogen-bond donors (Lipinski definition) is 2. The Morgan fingerprint density at radius 2 is 1.65 bits per heavy atom. The fraction of sp³-hybridized carbons (Fsp3) is 0.393. The number of rotatable bonds is 10. The van der Waals surface area contributed by atoms with Crippen molar-refractivity contribution in [3.8, 4) is 0 Å². The SMILES string of the molecule is O=C(CN(Cc1ccc(F)cc1)C(=O)c1cnn(C2CCC(C(=O)NCCO)CC2)c1C(F)(F)F)c1c(Cl)cncc1Cl. The first kappa shape index (κ1) is 32.4. The number of halogens is 6. The van der Waals surface area contributed by atoms with Crippen molar-refractivity contribution in [2.45, 2.75) is 44.4 Å². The minimum atomic E-state index is -4.99. The average Bonchev–Trinajstić information content (AvgIpc) is 3.42. The molecule has 43 heavy (non-hydrogen) atoms. The molecule has 2 heterocycles. The second-order valence-electron chi connectivity index (χ2n) is 10.1. The number of aliphatic hydroxyl groups is 1. The molecule has 15 heteroatoms. The number of aromatic nitrogens is 3. The van der Waals surface area contributed by atoms with Gasteiger partial charge in [-0.2, -0.15) is 18.3 Å². The van der Waals surface area contributed by atoms with Gasteiger partial charge in [0.05, 0.1) is 46.6 Å². The van der Waals surface area contributed by atoms with Crippen LogP contribution in [0.5, 0.6) is 0 Å². The number of alkyl halides is 3. The Hall–Kier alpha value is -3.55. The van der Waals surface area contributed by atoms with Gasteiger partial charge in [-0.15, -0.1) is 0 Å². The van der Waals surface area contributed by atoms with E-state index in [-0.39, 0.29) is 54.1 Å². The van der Waals surface area contributed by atoms with Crippen LogP contribution >= 0.6 is 23.2 Å². The summed E-state index contributed by atoms with van der Waals surface area (Å²) in [7, 11) is 0. The van der Waals surface area contributed by atoms with Crippen molar-refractivity contribution < 1.29 is 37.1 Å². The van der Waals surface area contributed by atoms with Gasteiger partial charge in [-0.25, -0.2) is 4.39 Å². The average molecular weight is 644 g/mol. The molecule has 2 amide bonds. The number of ketones is 1. The monoisotopic (exact) mass is 643 g/mol. The number of Topliss-reactive ketones (excluding diaryl/α,β-unsaturated/α-hetero) is 1. The smallest absolute Gasteiger partial charge is 0.395 e. The number of pyridine rings is 1. The third-order valence-electron chi connectivity index (χ3n) is 7.16. The van der Waals surface area contributed by atoms with Gasteiger partial charge in [-0.05, 0) is 43.4 Å². The zero-order chi connectivity index (χ0) is 31.3. The summed E-state index contributed by atoms with van der Waals surface area (Å²) in [5, 5.41) is 15.2. The summed E-state index contributed by atoms with van der Waals surface area (Å²) >= 11 is 12.2. The molecule has 9 nitrogen and oxygen atoms in total. The highest BCUT2D eigenvalue weighted by molar-refractivity contribution is 6.39. The molecule has 0 aliphatic heterocycles. The van der Waals surface area contributed by atoms with E-state index in [0.29, 0.717) is 18.4 Å². The lowest BCUT2D eigenvalue weighted by molar-refractivity contribution is -0.146. The Kier molecular flexibility index (Phi) is 10.4. The molecule has 230 valence electrons. The third-order valence-corrected chi connectivity index (χ3v) is 7.73. The predicted molar refractivity (Wildman–Crippen MR) is 148 cm³/mol. The van der Waals surface area contributed by atoms with Crippen LogP contribution in [0.15, 0.2) is 42.9 Å². The minimum Gasteiger partial charge on any atom is -0.395 e. The molecule has 1 fully saturated rings. The standard InChI is InChI=1S/C28H27Cl2F4N5O4/c29-21-12-35-13-22(30)24(21)23(41)15-38(14-16-1-5-18(31)6-2-16)27(43)20-11-37-39(25(20)28(32,33)34)19-7-3-17(4-8-19)26(42)36-9-10-40/h1-2,5-6,11-13,17,19,40H,3-4,7-10,14-15H2,(H,36,42). The van der Waals surface area contributed by atoms with Gasteiger partial charge in [0.1, 0.15) is 5.82 Å². The largest absolute Gasteiger partial charge is 0.433 e. The summed E-state index contributed by atoms with van der Waals surface area (Å²) in [6.07, 6.45) is -0.839. The lowest BCUT2D eigenvalue weighted by atomic mass is 9.85. The zero-order valence-electron chi connectivity index (χ0n) is 22.6. The van der Waals surface area contributed by atoms with Crippen LogP contribution in [0, 0.1) is 11.7 Å². The lowest BCUT2D eigenvalue weighted by Gasteiger charge is -2.29. The van der Waals surface area contributed by atoms with E-state index in [9.17, 15) is 31.9 Å². The summed E-state index contributed by atoms with van der Waals surface area (Å²) in [5.41, 5.74) is -1.84. The quantitative estimate of drug-likeness (QED) is 0.234. The van der Waals surface area contributed by atoms with Crippen LogP contribution in [0.1, 0.15) is 63.7 Å². The summed E-state index contributed by atoms with van der Waals surface area (Å²) in [6, 6.07) is 4.19. The number of aliphatic hydroxyl groups excluding tert-OH is 1. The van der Waals surface area contributed by atoms with E-state index >= 15 is 0 Å². The fourth-order valence-electron chi connectivity index (χ4n) is 5.09. The molecule has 3 aromatic rings. The second kappa shape index (κ2) is 13.8. The van der Waals surface area contributed by atoms with Gasteiger partial charge in [0.25, 0.3) is 5.91 Å². The molecule has 0 atom stereocenters. The molecular weight excluding hydrogens is 617 g/mol. The number of hydrogen-bond acceptors (Lipinski definition) is 6. The molecule has 0 spiro atoms. The number of carbonyl (C=O) groups is 3. The molecule has 1 saturated carbocycles. The Bertz CT molecular complexity index is 1450. The van der Waals surface area contributed by atoms with Crippen LogP contribution in [-0.4, -0.2) is 62.1 Å². The first-order chi connectivity index (χ1) is 20.4. The molecular formula is C28H27Cl2F4N5O4. The van der Waals surface area contributed by atoms with E-state index in [4.69, 9.17) is 28.3 Å². The first-order valence-electron chi connectivity index (χ1n) is 13.3. The van der Waals surface area contributed by atoms with Gasteiger partial charge in [0, 0.05) is 31.4 Å². The van der Waals surface area contributed by atoms with Crippen molar-refractivity contribution in [1.29, 1.82) is 0 Å². The topological polar surface area (TPSA) is 117 Å². The van der Waals surface area contributed by atoms with E-state index in [1.807, 2.05) is 0 Å². The van der Waals surface area contributed by atoms with E-state index in [2.05, 4.69) is 15.4 Å². The van der Waals surface area contributed by atoms with E-state index in [1.165, 1.54) is 24.5 Å². The molecule has 0 bridgehead atoms. The predicted octanol–water partition coefficient (Wildman–Crippen LogP) is 5.11. The van der Waals surface area contributed by atoms with E-state index < -0.39 is 53.4 Å². The van der Waals surface area contributed by atoms with E-state index in [1.54, 1.807) is 0 Å². The van der Waals surface area contributed by atoms with Gasteiger partial charge in [0.15, 0.2) is 11.5 Å². The molecule has 0 saturated heterocycles. The van der Waals surface area contributed by atoms with Gasteiger partial charge >= 0.3 is 6.18 Å². The molecule has 2 N–H and O–H groups in total. The molecule has 1 aromatic carbocycles. The van der Waals surface area contributed by atoms with Gasteiger partial charge < -0.3 is 15.3 Å². The Balaban J connectivity index is 1.64. The Morgan fingerprint density at radius 1 is 1.02 bits per heavy atom. The van der Waals surface area contributed by atoms with Crippen LogP contribution in [-0.2, 0) is 17.5 Å². The normalized spacial score (nSPS) is 17.0. The Morgan fingerprint density at radius 3 is 2.23 bits per heavy atom. The third kappa shape index (κ3) is 7.70. The summed E-state index contributed by atoms with van der Waals surface area (Å²) in [4.78, 5) is 43.9. The number of nitrogens with one attached hydrogen (secondary N) is 1. The van der Waals surface area contributed by atoms with Crippen LogP contribution in [0.4, 0.5) is 17.6 Å². The summed E-state index contributed by atoms with van der Waals surface area (Å²) in [6.45, 7) is -1.18. The van der Waals surface area contributed by atoms with Crippen LogP contribution < -0.4 is 5.32 Å². The van der Waals surface area contributed by atoms with Crippen LogP contribution in [0.25, 0.3) is 0 Å². The molecule has 1 aliphatic carbocycles. The van der Waals surface area contributed by atoms with Gasteiger partial charge in [0.2, 0.25) is 5.91 Å². The summed E-state index contributed by atoms with van der Waals surface area (Å²) < 4.78 is 57.8. The summed E-state index contributed by atoms with van der Waals surface area (Å²) in [5.74, 6) is -3.14. The molecule has 0 unspecified atom stereocenters. The maximum Gasteiger partial charge on any atom is 0.433 e. The van der Waals surface area contributed by atoms with Crippen molar-refractivity contribution in [1.82, 2.24) is 25.0 Å². The van der Waals surface area contributed by atoms with Crippen molar-refractivity contribution in [2.75, 3.05) is 19.7 Å². The fourth-order valence-corrected chi connectivity index (χ4v) is 5.67. The molecule has 4 rings (SSSR count). The molecule has 0 radical (unpaired) electrons. The maximum atomic E-state index is 14.5. The number of nitrogens with zero attached hydrogens (tertiary/aromatic N) is 4. The number of carbonyl (C=O) groups excluding carboxylic acids is 3. The number of amides is 2. The zero-order valence-corrected chi connectivity index (χ0v) is 24.1. The van der Waals surface area contributed by atoms with Crippen molar-refractivity contribution >= 4 is 40.8 Å². The minimum absolute atomic E-state index is 0.0815. The van der Waals surface area contributed by atoms with Gasteiger partial charge in [-0.3, -0.25) is 24.0 Å². The molecule has 1 aliphatic rings. The highest BCUT2D eigenvalue weighted by Gasteiger charge is 2.43. The van der Waals surface area contributed by atoms with Crippen molar-refractivity contribution in [3.05, 3.63) is 81.1 Å². The van der Waals surface area contributed by atoms with Gasteiger partial charge in [-0.1, -0.05) is 35.3 Å². The highest BCUT2D eigenvalue weighted by atomic mass is 35.5. The van der Waals surface area contributed by atoms with Crippen LogP contribution in [0.3, 0.4) is 0 Å². The number of benzene rings is 1. The lowest BCUT2D eigenvalue weighted by Crippen LogP contribution is -2.37. The Labute approximate surface area is 253 Å².